The first-order valence-electron chi connectivity index (χ1n) is 4.73. The number of hydrogen-bond donors (Lipinski definition) is 1. The van der Waals surface area contributed by atoms with Gasteiger partial charge >= 0.3 is 0 Å². The Hall–Kier alpha value is -1.23. The Morgan fingerprint density at radius 2 is 2.31 bits per heavy atom. The van der Waals surface area contributed by atoms with Crippen LogP contribution in [0.2, 0.25) is 0 Å². The summed E-state index contributed by atoms with van der Waals surface area (Å²) in [6.45, 7) is 4.23. The number of hydrogen-bond acceptors (Lipinski definition) is 2. The fourth-order valence-corrected chi connectivity index (χ4v) is 1.71. The zero-order valence-electron chi connectivity index (χ0n) is 8.30. The van der Waals surface area contributed by atoms with Crippen molar-refractivity contribution >= 4 is 0 Å². The molecule has 1 rings (SSSR count). The number of rotatable bonds is 3. The molecule has 0 unspecified atom stereocenters. The lowest BCUT2D eigenvalue weighted by molar-refractivity contribution is 0.462. The second-order valence-electron chi connectivity index (χ2n) is 3.80. The highest BCUT2D eigenvalue weighted by Gasteiger charge is 2.31. The number of allylic oxidation sites excluding steroid dienone is 3. The third-order valence-electron chi connectivity index (χ3n) is 2.65. The Labute approximate surface area is 79.7 Å². The second-order valence-corrected chi connectivity index (χ2v) is 3.80. The predicted octanol–water partition coefficient (Wildman–Crippen LogP) is 2.49. The molecule has 70 valence electrons. The Kier molecular flexibility index (Phi) is 2.77. The van der Waals surface area contributed by atoms with Gasteiger partial charge in [0.2, 0.25) is 0 Å². The van der Waals surface area contributed by atoms with Crippen molar-refractivity contribution in [3.63, 3.8) is 0 Å². The average molecular weight is 176 g/mol. The van der Waals surface area contributed by atoms with Crippen molar-refractivity contribution in [1.82, 2.24) is 0 Å². The van der Waals surface area contributed by atoms with Crippen LogP contribution in [0.25, 0.3) is 0 Å². The number of nitrogens with zero attached hydrogens (tertiary/aromatic N) is 1. The van der Waals surface area contributed by atoms with Gasteiger partial charge in [-0.1, -0.05) is 32.8 Å². The molecular formula is C11H16N2. The molecule has 0 radical (unpaired) electrons. The van der Waals surface area contributed by atoms with E-state index in [0.717, 1.165) is 24.8 Å². The molecule has 13 heavy (non-hydrogen) atoms. The maximum absolute atomic E-state index is 8.94. The summed E-state index contributed by atoms with van der Waals surface area (Å²) in [4.78, 5) is 0. The maximum Gasteiger partial charge on any atom is 0.0978 e. The van der Waals surface area contributed by atoms with Crippen molar-refractivity contribution < 1.29 is 0 Å². The first-order valence-corrected chi connectivity index (χ1v) is 4.73. The number of nitrogens with two attached hydrogens (primary N) is 1. The standard InChI is InChI=1S/C11H16N2/c1-3-4-6-11(2)7-5-10(13)9(11)8-12/h5,7H,3-4,6,13H2,1-2H3/t11-/m0/s1. The first kappa shape index (κ1) is 9.85. The van der Waals surface area contributed by atoms with Crippen LogP contribution in [0.5, 0.6) is 0 Å². The lowest BCUT2D eigenvalue weighted by atomic mass is 9.80. The highest BCUT2D eigenvalue weighted by Crippen LogP contribution is 2.39. The summed E-state index contributed by atoms with van der Waals surface area (Å²) in [5, 5.41) is 8.94. The number of nitriles is 1. The fraction of sp³-hybridized carbons (Fsp3) is 0.545. The van der Waals surface area contributed by atoms with E-state index in [-0.39, 0.29) is 5.41 Å². The van der Waals surface area contributed by atoms with Gasteiger partial charge in [0.15, 0.2) is 0 Å². The summed E-state index contributed by atoms with van der Waals surface area (Å²) >= 11 is 0. The first-order chi connectivity index (χ1) is 6.14. The van der Waals surface area contributed by atoms with E-state index >= 15 is 0 Å². The van der Waals surface area contributed by atoms with Gasteiger partial charge in [0, 0.05) is 11.1 Å². The normalized spacial score (nSPS) is 26.5. The van der Waals surface area contributed by atoms with Crippen LogP contribution in [0.3, 0.4) is 0 Å². The fourth-order valence-electron chi connectivity index (χ4n) is 1.71. The molecule has 1 aliphatic rings. The second kappa shape index (κ2) is 3.66. The van der Waals surface area contributed by atoms with Crippen molar-refractivity contribution in [2.24, 2.45) is 11.1 Å². The van der Waals surface area contributed by atoms with Gasteiger partial charge in [0.05, 0.1) is 11.6 Å². The highest BCUT2D eigenvalue weighted by atomic mass is 14.6. The monoisotopic (exact) mass is 176 g/mol. The number of unbranched alkanes of at least 4 members (excludes halogenated alkanes) is 1. The molecule has 0 saturated heterocycles. The molecule has 0 aliphatic heterocycles. The summed E-state index contributed by atoms with van der Waals surface area (Å²) in [6, 6.07) is 2.21. The van der Waals surface area contributed by atoms with Crippen LogP contribution < -0.4 is 5.73 Å². The molecule has 0 aromatic carbocycles. The molecule has 2 N–H and O–H groups in total. The van der Waals surface area contributed by atoms with Gasteiger partial charge in [0.1, 0.15) is 0 Å². The van der Waals surface area contributed by atoms with E-state index in [1.807, 2.05) is 6.08 Å². The molecule has 0 bridgehead atoms. The molecule has 0 saturated carbocycles. The van der Waals surface area contributed by atoms with E-state index < -0.39 is 0 Å². The molecule has 0 heterocycles. The minimum atomic E-state index is -0.102. The van der Waals surface area contributed by atoms with E-state index in [4.69, 9.17) is 11.0 Å². The summed E-state index contributed by atoms with van der Waals surface area (Å²) < 4.78 is 0. The lowest BCUT2D eigenvalue weighted by Crippen LogP contribution is -2.14. The van der Waals surface area contributed by atoms with Gasteiger partial charge in [-0.2, -0.15) is 5.26 Å². The zero-order chi connectivity index (χ0) is 9.90. The molecule has 1 atom stereocenters. The van der Waals surface area contributed by atoms with E-state index in [2.05, 4.69) is 26.0 Å². The van der Waals surface area contributed by atoms with Crippen molar-refractivity contribution in [2.75, 3.05) is 0 Å². The quantitative estimate of drug-likeness (QED) is 0.718. The molecule has 0 spiro atoms. The van der Waals surface area contributed by atoms with Crippen LogP contribution in [0, 0.1) is 16.7 Å². The topological polar surface area (TPSA) is 49.8 Å². The lowest BCUT2D eigenvalue weighted by Gasteiger charge is -2.21. The van der Waals surface area contributed by atoms with Crippen molar-refractivity contribution in [3.8, 4) is 6.07 Å². The smallest absolute Gasteiger partial charge is 0.0978 e. The third-order valence-corrected chi connectivity index (χ3v) is 2.65. The minimum Gasteiger partial charge on any atom is -0.398 e. The van der Waals surface area contributed by atoms with Crippen molar-refractivity contribution in [1.29, 1.82) is 5.26 Å². The van der Waals surface area contributed by atoms with E-state index in [1.54, 1.807) is 0 Å². The molecule has 0 amide bonds. The van der Waals surface area contributed by atoms with Crippen LogP contribution in [-0.2, 0) is 0 Å². The molecule has 0 aromatic rings. The maximum atomic E-state index is 8.94. The van der Waals surface area contributed by atoms with Crippen LogP contribution in [0.1, 0.15) is 33.1 Å². The summed E-state index contributed by atoms with van der Waals surface area (Å²) in [7, 11) is 0. The summed E-state index contributed by atoms with van der Waals surface area (Å²) in [5.74, 6) is 0. The Morgan fingerprint density at radius 1 is 1.62 bits per heavy atom. The largest absolute Gasteiger partial charge is 0.398 e. The minimum absolute atomic E-state index is 0.102. The summed E-state index contributed by atoms with van der Waals surface area (Å²) in [5.41, 5.74) is 6.98. The van der Waals surface area contributed by atoms with Gasteiger partial charge in [-0.15, -0.1) is 0 Å². The van der Waals surface area contributed by atoms with Crippen molar-refractivity contribution in [2.45, 2.75) is 33.1 Å². The third kappa shape index (κ3) is 1.75. The molecular weight excluding hydrogens is 160 g/mol. The van der Waals surface area contributed by atoms with E-state index in [0.29, 0.717) is 5.70 Å². The SMILES string of the molecule is CCCC[C@@]1(C)C=CC(N)=C1C#N. The van der Waals surface area contributed by atoms with Crippen LogP contribution >= 0.6 is 0 Å². The van der Waals surface area contributed by atoms with E-state index in [1.165, 1.54) is 0 Å². The Morgan fingerprint density at radius 3 is 2.85 bits per heavy atom. The van der Waals surface area contributed by atoms with Crippen LogP contribution in [-0.4, -0.2) is 0 Å². The molecule has 2 heteroatoms. The van der Waals surface area contributed by atoms with Gasteiger partial charge in [-0.25, -0.2) is 0 Å². The van der Waals surface area contributed by atoms with Gasteiger partial charge in [-0.05, 0) is 12.5 Å². The molecule has 2 nitrogen and oxygen atoms in total. The van der Waals surface area contributed by atoms with Crippen LogP contribution in [0.15, 0.2) is 23.4 Å². The Balaban J connectivity index is 2.82. The molecule has 1 aliphatic carbocycles. The van der Waals surface area contributed by atoms with Gasteiger partial charge in [-0.3, -0.25) is 0 Å². The van der Waals surface area contributed by atoms with E-state index in [9.17, 15) is 0 Å². The summed E-state index contributed by atoms with van der Waals surface area (Å²) in [6.07, 6.45) is 7.22. The van der Waals surface area contributed by atoms with Crippen molar-refractivity contribution in [3.05, 3.63) is 23.4 Å². The Bertz CT molecular complexity index is 294. The zero-order valence-corrected chi connectivity index (χ0v) is 8.30. The van der Waals surface area contributed by atoms with Gasteiger partial charge < -0.3 is 5.73 Å². The molecule has 0 fully saturated rings. The highest BCUT2D eigenvalue weighted by molar-refractivity contribution is 5.46. The van der Waals surface area contributed by atoms with Gasteiger partial charge in [0.25, 0.3) is 0 Å². The average Bonchev–Trinajstić information content (AvgIpc) is 2.40. The van der Waals surface area contributed by atoms with Crippen LogP contribution in [0.4, 0.5) is 0 Å². The molecule has 0 aromatic heterocycles. The predicted molar refractivity (Wildman–Crippen MR) is 53.6 cm³/mol.